The second-order valence-electron chi connectivity index (χ2n) is 5.33. The standard InChI is InChI=1S/C18H18N2O5/c1-19(2)16-12-13(4-10-17(16)24-3)5-11-18(21)25-15-8-6-14(7-9-15)20(22)23/h4-12H,1-3H3/b11-5+. The molecule has 0 amide bonds. The fourth-order valence-corrected chi connectivity index (χ4v) is 2.11. The van der Waals surface area contributed by atoms with E-state index in [1.165, 1.54) is 30.3 Å². The number of carbonyl (C=O) groups excluding carboxylic acids is 1. The number of nitrogens with zero attached hydrogens (tertiary/aromatic N) is 2. The van der Waals surface area contributed by atoms with Crippen molar-refractivity contribution < 1.29 is 19.2 Å². The Morgan fingerprint density at radius 3 is 2.40 bits per heavy atom. The van der Waals surface area contributed by atoms with Crippen molar-refractivity contribution in [3.63, 3.8) is 0 Å². The number of non-ortho nitro benzene ring substituents is 1. The molecule has 2 aromatic rings. The molecule has 0 aliphatic rings. The van der Waals surface area contributed by atoms with Gasteiger partial charge in [0.15, 0.2) is 0 Å². The van der Waals surface area contributed by atoms with E-state index in [9.17, 15) is 14.9 Å². The lowest BCUT2D eigenvalue weighted by molar-refractivity contribution is -0.384. The number of hydrogen-bond donors (Lipinski definition) is 0. The van der Waals surface area contributed by atoms with Gasteiger partial charge >= 0.3 is 5.97 Å². The van der Waals surface area contributed by atoms with Crippen LogP contribution in [0.3, 0.4) is 0 Å². The molecule has 0 bridgehead atoms. The minimum atomic E-state index is -0.573. The third-order valence-electron chi connectivity index (χ3n) is 3.36. The highest BCUT2D eigenvalue weighted by molar-refractivity contribution is 5.89. The second kappa shape index (κ2) is 7.96. The van der Waals surface area contributed by atoms with Crippen molar-refractivity contribution in [2.75, 3.05) is 26.1 Å². The molecule has 2 aromatic carbocycles. The van der Waals surface area contributed by atoms with Crippen LogP contribution in [0.1, 0.15) is 5.56 Å². The molecule has 0 aliphatic carbocycles. The molecule has 7 nitrogen and oxygen atoms in total. The van der Waals surface area contributed by atoms with Gasteiger partial charge in [-0.2, -0.15) is 0 Å². The lowest BCUT2D eigenvalue weighted by atomic mass is 10.1. The Morgan fingerprint density at radius 2 is 1.84 bits per heavy atom. The summed E-state index contributed by atoms with van der Waals surface area (Å²) in [4.78, 5) is 23.8. The van der Waals surface area contributed by atoms with Crippen LogP contribution in [0.4, 0.5) is 11.4 Å². The highest BCUT2D eigenvalue weighted by atomic mass is 16.6. The van der Waals surface area contributed by atoms with Crippen molar-refractivity contribution in [1.82, 2.24) is 0 Å². The highest BCUT2D eigenvalue weighted by Gasteiger charge is 2.07. The van der Waals surface area contributed by atoms with Crippen LogP contribution in [0.5, 0.6) is 11.5 Å². The Kier molecular flexibility index (Phi) is 5.73. The molecule has 0 spiro atoms. The second-order valence-corrected chi connectivity index (χ2v) is 5.33. The number of carbonyl (C=O) groups is 1. The van der Waals surface area contributed by atoms with Crippen LogP contribution in [0, 0.1) is 10.1 Å². The number of nitro benzene ring substituents is 1. The van der Waals surface area contributed by atoms with Gasteiger partial charge in [-0.25, -0.2) is 4.79 Å². The number of methoxy groups -OCH3 is 1. The zero-order chi connectivity index (χ0) is 18.4. The first-order valence-corrected chi connectivity index (χ1v) is 7.40. The van der Waals surface area contributed by atoms with E-state index >= 15 is 0 Å². The van der Waals surface area contributed by atoms with E-state index in [1.54, 1.807) is 13.2 Å². The highest BCUT2D eigenvalue weighted by Crippen LogP contribution is 2.28. The van der Waals surface area contributed by atoms with Gasteiger partial charge < -0.3 is 14.4 Å². The topological polar surface area (TPSA) is 81.9 Å². The molecule has 7 heteroatoms. The first-order valence-electron chi connectivity index (χ1n) is 7.40. The third-order valence-corrected chi connectivity index (χ3v) is 3.36. The van der Waals surface area contributed by atoms with Gasteiger partial charge in [0.05, 0.1) is 17.7 Å². The molecule has 0 atom stereocenters. The Morgan fingerprint density at radius 1 is 1.16 bits per heavy atom. The predicted molar refractivity (Wildman–Crippen MR) is 95.1 cm³/mol. The van der Waals surface area contributed by atoms with Crippen LogP contribution < -0.4 is 14.4 Å². The Labute approximate surface area is 145 Å². The molecule has 130 valence electrons. The molecular weight excluding hydrogens is 324 g/mol. The largest absolute Gasteiger partial charge is 0.495 e. The summed E-state index contributed by atoms with van der Waals surface area (Å²) in [5.41, 5.74) is 1.63. The van der Waals surface area contributed by atoms with Crippen molar-refractivity contribution in [3.05, 3.63) is 64.2 Å². The Balaban J connectivity index is 2.07. The zero-order valence-electron chi connectivity index (χ0n) is 14.1. The summed E-state index contributed by atoms with van der Waals surface area (Å²) in [7, 11) is 5.39. The summed E-state index contributed by atoms with van der Waals surface area (Å²) < 4.78 is 10.4. The zero-order valence-corrected chi connectivity index (χ0v) is 14.1. The third kappa shape index (κ3) is 4.81. The lowest BCUT2D eigenvalue weighted by Crippen LogP contribution is -2.10. The van der Waals surface area contributed by atoms with Crippen LogP contribution in [0.15, 0.2) is 48.5 Å². The van der Waals surface area contributed by atoms with Crippen LogP contribution in [0.2, 0.25) is 0 Å². The first-order chi connectivity index (χ1) is 11.9. The van der Waals surface area contributed by atoms with E-state index in [0.717, 1.165) is 17.0 Å². The van der Waals surface area contributed by atoms with E-state index in [4.69, 9.17) is 9.47 Å². The van der Waals surface area contributed by atoms with Gasteiger partial charge in [0, 0.05) is 32.3 Å². The van der Waals surface area contributed by atoms with E-state index in [2.05, 4.69) is 0 Å². The molecule has 0 radical (unpaired) electrons. The minimum absolute atomic E-state index is 0.0650. The molecule has 0 fully saturated rings. The number of benzene rings is 2. The van der Waals surface area contributed by atoms with Gasteiger partial charge in [0.25, 0.3) is 5.69 Å². The van der Waals surface area contributed by atoms with E-state index in [0.29, 0.717) is 0 Å². The normalized spacial score (nSPS) is 10.5. The number of anilines is 1. The molecule has 25 heavy (non-hydrogen) atoms. The fraction of sp³-hybridized carbons (Fsp3) is 0.167. The Bertz CT molecular complexity index is 798. The van der Waals surface area contributed by atoms with Crippen molar-refractivity contribution in [2.45, 2.75) is 0 Å². The van der Waals surface area contributed by atoms with E-state index < -0.39 is 10.9 Å². The Hall–Kier alpha value is -3.35. The monoisotopic (exact) mass is 342 g/mol. The summed E-state index contributed by atoms with van der Waals surface area (Å²) in [6.45, 7) is 0. The smallest absolute Gasteiger partial charge is 0.336 e. The summed E-state index contributed by atoms with van der Waals surface area (Å²) in [5, 5.41) is 10.6. The van der Waals surface area contributed by atoms with Crippen LogP contribution in [-0.2, 0) is 4.79 Å². The molecular formula is C18H18N2O5. The molecule has 0 unspecified atom stereocenters. The number of nitro groups is 1. The van der Waals surface area contributed by atoms with Crippen LogP contribution >= 0.6 is 0 Å². The number of esters is 1. The van der Waals surface area contributed by atoms with Crippen molar-refractivity contribution in [2.24, 2.45) is 0 Å². The lowest BCUT2D eigenvalue weighted by Gasteiger charge is -2.16. The number of rotatable bonds is 6. The van der Waals surface area contributed by atoms with Crippen LogP contribution in [0.25, 0.3) is 6.08 Å². The van der Waals surface area contributed by atoms with Gasteiger partial charge in [-0.3, -0.25) is 10.1 Å². The molecule has 0 aromatic heterocycles. The van der Waals surface area contributed by atoms with Gasteiger partial charge in [-0.05, 0) is 35.9 Å². The van der Waals surface area contributed by atoms with Gasteiger partial charge in [0.1, 0.15) is 11.5 Å². The molecule has 0 aliphatic heterocycles. The fourth-order valence-electron chi connectivity index (χ4n) is 2.11. The SMILES string of the molecule is COc1ccc(/C=C/C(=O)Oc2ccc([N+](=O)[O-])cc2)cc1N(C)C. The van der Waals surface area contributed by atoms with E-state index in [-0.39, 0.29) is 11.4 Å². The van der Waals surface area contributed by atoms with Crippen molar-refractivity contribution in [3.8, 4) is 11.5 Å². The molecule has 0 heterocycles. The summed E-state index contributed by atoms with van der Waals surface area (Å²) in [5.74, 6) is 0.399. The number of hydrogen-bond acceptors (Lipinski definition) is 6. The maximum absolute atomic E-state index is 11.9. The molecule has 0 saturated heterocycles. The maximum atomic E-state index is 11.9. The predicted octanol–water partition coefficient (Wildman–Crippen LogP) is 3.29. The summed E-state index contributed by atoms with van der Waals surface area (Å²) in [6, 6.07) is 10.8. The van der Waals surface area contributed by atoms with Gasteiger partial charge in [-0.15, -0.1) is 0 Å². The quantitative estimate of drug-likeness (QED) is 0.263. The van der Waals surface area contributed by atoms with Gasteiger partial charge in [-0.1, -0.05) is 6.07 Å². The molecule has 2 rings (SSSR count). The molecule has 0 N–H and O–H groups in total. The number of ether oxygens (including phenoxy) is 2. The average Bonchev–Trinajstić information content (AvgIpc) is 2.60. The van der Waals surface area contributed by atoms with Gasteiger partial charge in [0.2, 0.25) is 0 Å². The van der Waals surface area contributed by atoms with Crippen molar-refractivity contribution in [1.29, 1.82) is 0 Å². The van der Waals surface area contributed by atoms with Crippen molar-refractivity contribution >= 4 is 23.4 Å². The van der Waals surface area contributed by atoms with Crippen LogP contribution in [-0.4, -0.2) is 32.1 Å². The molecule has 0 saturated carbocycles. The maximum Gasteiger partial charge on any atom is 0.336 e. The minimum Gasteiger partial charge on any atom is -0.495 e. The first kappa shape index (κ1) is 18.0. The average molecular weight is 342 g/mol. The summed E-state index contributed by atoms with van der Waals surface area (Å²) >= 11 is 0. The summed E-state index contributed by atoms with van der Waals surface area (Å²) in [6.07, 6.45) is 2.92. The van der Waals surface area contributed by atoms with E-state index in [1.807, 2.05) is 37.2 Å².